The van der Waals surface area contributed by atoms with E-state index in [1.807, 2.05) is 18.2 Å². The van der Waals surface area contributed by atoms with Gasteiger partial charge in [-0.25, -0.2) is 0 Å². The van der Waals surface area contributed by atoms with E-state index in [0.717, 1.165) is 11.8 Å². The van der Waals surface area contributed by atoms with Gasteiger partial charge in [-0.05, 0) is 0 Å². The van der Waals surface area contributed by atoms with E-state index in [-0.39, 0.29) is 22.4 Å². The SMILES string of the molecule is O=C([O-])OOC(F)(F)F.O=Cc1ccccc1.[Ag+]. The van der Waals surface area contributed by atoms with Crippen molar-refractivity contribution in [1.29, 1.82) is 0 Å². The summed E-state index contributed by atoms with van der Waals surface area (Å²) in [5.74, 6) is 0. The number of carbonyl (C=O) groups is 2. The van der Waals surface area contributed by atoms with Crippen LogP contribution in [-0.4, -0.2) is 18.8 Å². The van der Waals surface area contributed by atoms with Crippen molar-refractivity contribution in [3.63, 3.8) is 0 Å². The second kappa shape index (κ2) is 9.66. The molecule has 0 unspecified atom stereocenters. The molecule has 18 heavy (non-hydrogen) atoms. The molecule has 0 saturated carbocycles. The Kier molecular flexibility index (Phi) is 10.2. The van der Waals surface area contributed by atoms with E-state index >= 15 is 0 Å². The maximum absolute atomic E-state index is 10.8. The molecule has 0 aliphatic carbocycles. The summed E-state index contributed by atoms with van der Waals surface area (Å²) < 4.78 is 32.3. The zero-order chi connectivity index (χ0) is 13.3. The number of alkyl halides is 3. The van der Waals surface area contributed by atoms with Gasteiger partial charge in [0, 0.05) is 5.56 Å². The zero-order valence-corrected chi connectivity index (χ0v) is 9.92. The van der Waals surface area contributed by atoms with Crippen molar-refractivity contribution in [3.8, 4) is 0 Å². The van der Waals surface area contributed by atoms with Crippen LogP contribution in [0.25, 0.3) is 0 Å². The minimum Gasteiger partial charge on any atom is -0.424 e. The summed E-state index contributed by atoms with van der Waals surface area (Å²) in [5, 5.41) is 9.09. The van der Waals surface area contributed by atoms with Gasteiger partial charge in [-0.15, -0.1) is 13.2 Å². The molecule has 0 amide bonds. The minimum absolute atomic E-state index is 0. The molecule has 0 aromatic heterocycles. The molecule has 0 atom stereocenters. The Morgan fingerprint density at radius 2 is 1.72 bits per heavy atom. The maximum Gasteiger partial charge on any atom is 1.00 e. The molecule has 5 nitrogen and oxygen atoms in total. The fourth-order valence-corrected chi connectivity index (χ4v) is 0.613. The fourth-order valence-electron chi connectivity index (χ4n) is 0.613. The molecule has 0 radical (unpaired) electrons. The Balaban J connectivity index is 0. The van der Waals surface area contributed by atoms with Gasteiger partial charge in [-0.2, -0.15) is 4.89 Å². The van der Waals surface area contributed by atoms with Gasteiger partial charge in [-0.3, -0.25) is 4.79 Å². The van der Waals surface area contributed by atoms with E-state index in [1.54, 1.807) is 12.1 Å². The average molecular weight is 359 g/mol. The molecule has 9 heteroatoms. The molecule has 0 aliphatic rings. The molecule has 0 N–H and O–H groups in total. The Bertz CT molecular complexity index is 355. The molecule has 0 saturated heterocycles. The summed E-state index contributed by atoms with van der Waals surface area (Å²) >= 11 is 0. The molecular formula is C9H6AgF3O5. The van der Waals surface area contributed by atoms with Crippen LogP contribution in [-0.2, 0) is 32.2 Å². The number of hydrogen-bond donors (Lipinski definition) is 0. The molecule has 0 fully saturated rings. The first-order valence-electron chi connectivity index (χ1n) is 3.99. The molecule has 1 rings (SSSR count). The minimum atomic E-state index is -5.11. The predicted octanol–water partition coefficient (Wildman–Crippen LogP) is 1.29. The monoisotopic (exact) mass is 358 g/mol. The number of benzene rings is 1. The van der Waals surface area contributed by atoms with Gasteiger partial charge >= 0.3 is 28.7 Å². The number of aldehydes is 1. The van der Waals surface area contributed by atoms with E-state index < -0.39 is 12.5 Å². The first-order valence-corrected chi connectivity index (χ1v) is 3.99. The van der Waals surface area contributed by atoms with Crippen molar-refractivity contribution in [2.24, 2.45) is 0 Å². The van der Waals surface area contributed by atoms with E-state index in [9.17, 15) is 18.0 Å². The van der Waals surface area contributed by atoms with Crippen LogP contribution in [0.3, 0.4) is 0 Å². The largest absolute Gasteiger partial charge is 1.00 e. The number of halogens is 3. The molecule has 0 bridgehead atoms. The molecular weight excluding hydrogens is 353 g/mol. The molecule has 0 heterocycles. The van der Waals surface area contributed by atoms with Crippen molar-refractivity contribution in [3.05, 3.63) is 35.9 Å². The third-order valence-electron chi connectivity index (χ3n) is 1.14. The average Bonchev–Trinajstić information content (AvgIpc) is 2.27. The summed E-state index contributed by atoms with van der Waals surface area (Å²) in [6.45, 7) is 0. The van der Waals surface area contributed by atoms with Crippen LogP contribution in [0.1, 0.15) is 10.4 Å². The standard InChI is InChI=1S/C7H6O.C2HF3O4.Ag/c8-6-7-4-2-1-3-5-7;3-2(4,5)9-8-1(6)7;/h1-6H;(H,6,7);/q;;+1/p-1. The second-order valence-corrected chi connectivity index (χ2v) is 2.39. The van der Waals surface area contributed by atoms with Crippen LogP contribution >= 0.6 is 0 Å². The molecule has 104 valence electrons. The third-order valence-corrected chi connectivity index (χ3v) is 1.14. The Labute approximate surface area is 115 Å². The predicted molar refractivity (Wildman–Crippen MR) is 45.5 cm³/mol. The normalized spacial score (nSPS) is 9.28. The van der Waals surface area contributed by atoms with Crippen molar-refractivity contribution < 1.29 is 60.0 Å². The van der Waals surface area contributed by atoms with Crippen LogP contribution in [0, 0.1) is 0 Å². The Morgan fingerprint density at radius 3 is 1.94 bits per heavy atom. The van der Waals surface area contributed by atoms with E-state index in [4.69, 9.17) is 9.90 Å². The van der Waals surface area contributed by atoms with Crippen LogP contribution in [0.4, 0.5) is 18.0 Å². The van der Waals surface area contributed by atoms with E-state index in [1.165, 1.54) is 0 Å². The maximum atomic E-state index is 10.8. The summed E-state index contributed by atoms with van der Waals surface area (Å²) in [4.78, 5) is 24.0. The van der Waals surface area contributed by atoms with Crippen LogP contribution in [0.2, 0.25) is 0 Å². The number of hydrogen-bond acceptors (Lipinski definition) is 5. The van der Waals surface area contributed by atoms with Gasteiger partial charge in [0.05, 0.1) is 0 Å². The molecule has 0 aliphatic heterocycles. The fraction of sp³-hybridized carbons (Fsp3) is 0.111. The van der Waals surface area contributed by atoms with Gasteiger partial charge < -0.3 is 14.8 Å². The summed E-state index contributed by atoms with van der Waals surface area (Å²) in [5.41, 5.74) is 0.729. The first kappa shape index (κ1) is 19.0. The van der Waals surface area contributed by atoms with Crippen LogP contribution in [0.15, 0.2) is 30.3 Å². The van der Waals surface area contributed by atoms with Gasteiger partial charge in [0.1, 0.15) is 6.29 Å². The zero-order valence-electron chi connectivity index (χ0n) is 8.44. The van der Waals surface area contributed by atoms with Gasteiger partial charge in [0.15, 0.2) is 0 Å². The number of carbonyl (C=O) groups excluding carboxylic acids is 2. The molecule has 1 aromatic carbocycles. The molecule has 1 aromatic rings. The second-order valence-electron chi connectivity index (χ2n) is 2.39. The first-order chi connectivity index (χ1) is 7.85. The van der Waals surface area contributed by atoms with Gasteiger partial charge in [-0.1, -0.05) is 30.3 Å². The summed E-state index contributed by atoms with van der Waals surface area (Å²) in [7, 11) is 0. The van der Waals surface area contributed by atoms with Gasteiger partial charge in [0.25, 0.3) is 6.16 Å². The Hall–Kier alpha value is -1.35. The Morgan fingerprint density at radius 1 is 1.22 bits per heavy atom. The van der Waals surface area contributed by atoms with Crippen LogP contribution < -0.4 is 5.11 Å². The van der Waals surface area contributed by atoms with Crippen molar-refractivity contribution in [2.75, 3.05) is 0 Å². The molecule has 0 spiro atoms. The smallest absolute Gasteiger partial charge is 0.424 e. The summed E-state index contributed by atoms with van der Waals surface area (Å²) in [6.07, 6.45) is -6.67. The van der Waals surface area contributed by atoms with Gasteiger partial charge in [0.2, 0.25) is 0 Å². The topological polar surface area (TPSA) is 75.7 Å². The van der Waals surface area contributed by atoms with Crippen molar-refractivity contribution in [2.45, 2.75) is 6.36 Å². The van der Waals surface area contributed by atoms with Crippen LogP contribution in [0.5, 0.6) is 0 Å². The number of rotatable bonds is 2. The van der Waals surface area contributed by atoms with Crippen molar-refractivity contribution >= 4 is 12.4 Å². The van der Waals surface area contributed by atoms with Crippen molar-refractivity contribution in [1.82, 2.24) is 0 Å². The quantitative estimate of drug-likeness (QED) is 0.344. The third kappa shape index (κ3) is 12.7. The summed E-state index contributed by atoms with van der Waals surface area (Å²) in [6, 6.07) is 9.10. The van der Waals surface area contributed by atoms with E-state index in [0.29, 0.717) is 0 Å². The number of carboxylic acid groups (broad SMARTS) is 1. The van der Waals surface area contributed by atoms with E-state index in [2.05, 4.69) is 9.78 Å².